The highest BCUT2D eigenvalue weighted by molar-refractivity contribution is 6.07. The van der Waals surface area contributed by atoms with E-state index in [1.165, 1.54) is 0 Å². The first-order valence-corrected chi connectivity index (χ1v) is 11.2. The maximum absolute atomic E-state index is 13.1. The van der Waals surface area contributed by atoms with E-state index in [0.717, 1.165) is 17.5 Å². The fraction of sp³-hybridized carbons (Fsp3) is 0.269. The van der Waals surface area contributed by atoms with Gasteiger partial charge >= 0.3 is 0 Å². The zero-order valence-corrected chi connectivity index (χ0v) is 19.8. The van der Waals surface area contributed by atoms with Crippen LogP contribution in [0.3, 0.4) is 0 Å². The van der Waals surface area contributed by atoms with Crippen LogP contribution in [0.15, 0.2) is 61.2 Å². The lowest BCUT2D eigenvalue weighted by Crippen LogP contribution is -2.25. The summed E-state index contributed by atoms with van der Waals surface area (Å²) in [5.74, 6) is -0.326. The highest BCUT2D eigenvalue weighted by Gasteiger charge is 2.25. The number of anilines is 1. The zero-order chi connectivity index (χ0) is 24.3. The number of pyridine rings is 1. The SMILES string of the molecule is CCC(C)(C)n1cc(C(=O)NCc2cccnc2)c2cnc(NC(=O)c3ccc(C)cc3)nc21. The number of aromatic nitrogens is 4. The van der Waals surface area contributed by atoms with E-state index in [4.69, 9.17) is 0 Å². The minimum atomic E-state index is -0.299. The van der Waals surface area contributed by atoms with Crippen molar-refractivity contribution in [2.75, 3.05) is 5.32 Å². The van der Waals surface area contributed by atoms with Gasteiger partial charge in [-0.15, -0.1) is 0 Å². The molecule has 0 aliphatic rings. The molecule has 3 heterocycles. The second-order valence-corrected chi connectivity index (χ2v) is 8.87. The van der Waals surface area contributed by atoms with Crippen LogP contribution in [-0.2, 0) is 12.1 Å². The van der Waals surface area contributed by atoms with E-state index in [0.29, 0.717) is 28.7 Å². The summed E-state index contributed by atoms with van der Waals surface area (Å²) in [5.41, 5.74) is 3.28. The van der Waals surface area contributed by atoms with Gasteiger partial charge in [0.05, 0.1) is 10.9 Å². The molecule has 0 atom stereocenters. The number of nitrogens with zero attached hydrogens (tertiary/aromatic N) is 4. The summed E-state index contributed by atoms with van der Waals surface area (Å²) in [7, 11) is 0. The summed E-state index contributed by atoms with van der Waals surface area (Å²) in [5, 5.41) is 6.34. The topological polar surface area (TPSA) is 102 Å². The summed E-state index contributed by atoms with van der Waals surface area (Å²) in [4.78, 5) is 38.8. The first-order chi connectivity index (χ1) is 16.3. The Labute approximate surface area is 198 Å². The fourth-order valence-electron chi connectivity index (χ4n) is 3.54. The molecule has 4 rings (SSSR count). The molecule has 0 fully saturated rings. The Balaban J connectivity index is 1.66. The number of amides is 2. The van der Waals surface area contributed by atoms with Crippen molar-refractivity contribution in [1.82, 2.24) is 24.8 Å². The monoisotopic (exact) mass is 456 g/mol. The molecule has 0 bridgehead atoms. The zero-order valence-electron chi connectivity index (χ0n) is 19.8. The van der Waals surface area contributed by atoms with Crippen molar-refractivity contribution in [3.63, 3.8) is 0 Å². The van der Waals surface area contributed by atoms with Crippen LogP contribution in [0.25, 0.3) is 11.0 Å². The molecule has 0 unspecified atom stereocenters. The molecule has 8 nitrogen and oxygen atoms in total. The quantitative estimate of drug-likeness (QED) is 0.427. The minimum Gasteiger partial charge on any atom is -0.348 e. The second-order valence-electron chi connectivity index (χ2n) is 8.87. The summed E-state index contributed by atoms with van der Waals surface area (Å²) < 4.78 is 1.98. The largest absolute Gasteiger partial charge is 0.348 e. The first-order valence-electron chi connectivity index (χ1n) is 11.2. The first kappa shape index (κ1) is 23.1. The molecule has 0 aliphatic carbocycles. The number of nitrogens with one attached hydrogen (secondary N) is 2. The van der Waals surface area contributed by atoms with Crippen molar-refractivity contribution in [2.45, 2.75) is 46.2 Å². The molecule has 0 saturated carbocycles. The molecule has 0 spiro atoms. The van der Waals surface area contributed by atoms with E-state index in [2.05, 4.69) is 46.4 Å². The van der Waals surface area contributed by atoms with Crippen molar-refractivity contribution >= 4 is 28.8 Å². The number of fused-ring (bicyclic) bond motifs is 1. The maximum atomic E-state index is 13.1. The highest BCUT2D eigenvalue weighted by Crippen LogP contribution is 2.29. The third kappa shape index (κ3) is 4.80. The molecule has 0 aliphatic heterocycles. The summed E-state index contributed by atoms with van der Waals surface area (Å²) >= 11 is 0. The average Bonchev–Trinajstić information content (AvgIpc) is 3.23. The Bertz CT molecular complexity index is 1330. The lowest BCUT2D eigenvalue weighted by molar-refractivity contribution is 0.0951. The van der Waals surface area contributed by atoms with E-state index >= 15 is 0 Å². The molecule has 34 heavy (non-hydrogen) atoms. The van der Waals surface area contributed by atoms with Gasteiger partial charge in [0.1, 0.15) is 5.65 Å². The second kappa shape index (κ2) is 9.43. The normalized spacial score (nSPS) is 11.4. The van der Waals surface area contributed by atoms with Gasteiger partial charge in [-0.1, -0.05) is 30.7 Å². The number of rotatable bonds is 7. The lowest BCUT2D eigenvalue weighted by Gasteiger charge is -2.25. The smallest absolute Gasteiger partial charge is 0.258 e. The molecule has 4 aromatic rings. The number of carbonyl (C=O) groups excluding carboxylic acids is 2. The number of benzene rings is 1. The van der Waals surface area contributed by atoms with Gasteiger partial charge in [-0.05, 0) is 51.0 Å². The lowest BCUT2D eigenvalue weighted by atomic mass is 10.0. The Morgan fingerprint density at radius 2 is 1.82 bits per heavy atom. The third-order valence-electron chi connectivity index (χ3n) is 6.02. The van der Waals surface area contributed by atoms with Gasteiger partial charge in [-0.2, -0.15) is 4.98 Å². The van der Waals surface area contributed by atoms with Crippen LogP contribution in [0, 0.1) is 6.92 Å². The molecule has 8 heteroatoms. The van der Waals surface area contributed by atoms with Crippen molar-refractivity contribution in [1.29, 1.82) is 0 Å². The predicted octanol–water partition coefficient (Wildman–Crippen LogP) is 4.46. The van der Waals surface area contributed by atoms with E-state index in [1.54, 1.807) is 30.7 Å². The Hall–Kier alpha value is -4.07. The van der Waals surface area contributed by atoms with Gasteiger partial charge in [-0.25, -0.2) is 4.98 Å². The van der Waals surface area contributed by atoms with E-state index < -0.39 is 0 Å². The van der Waals surface area contributed by atoms with Crippen LogP contribution in [0.4, 0.5) is 5.95 Å². The molecule has 0 saturated heterocycles. The average molecular weight is 457 g/mol. The van der Waals surface area contributed by atoms with E-state index in [-0.39, 0.29) is 23.3 Å². The van der Waals surface area contributed by atoms with Crippen molar-refractivity contribution in [3.8, 4) is 0 Å². The summed E-state index contributed by atoms with van der Waals surface area (Å²) in [6.07, 6.45) is 7.64. The maximum Gasteiger partial charge on any atom is 0.258 e. The van der Waals surface area contributed by atoms with Gasteiger partial charge < -0.3 is 9.88 Å². The van der Waals surface area contributed by atoms with Crippen LogP contribution in [0.1, 0.15) is 59.0 Å². The Kier molecular flexibility index (Phi) is 6.40. The van der Waals surface area contributed by atoms with Crippen LogP contribution in [0.5, 0.6) is 0 Å². The number of hydrogen-bond acceptors (Lipinski definition) is 5. The van der Waals surface area contributed by atoms with Crippen molar-refractivity contribution in [3.05, 3.63) is 83.4 Å². The van der Waals surface area contributed by atoms with E-state index in [9.17, 15) is 9.59 Å². The minimum absolute atomic E-state index is 0.187. The number of aryl methyl sites for hydroxylation is 1. The molecular formula is C26H28N6O2. The standard InChI is InChI=1S/C26H28N6O2/c1-5-26(3,4)32-16-21(24(34)28-14-18-7-6-12-27-13-18)20-15-29-25(30-22(20)32)31-23(33)19-10-8-17(2)9-11-19/h6-13,15-16H,5,14H2,1-4H3,(H,28,34)(H,29,30,31,33). The number of hydrogen-bond donors (Lipinski definition) is 2. The van der Waals surface area contributed by atoms with Crippen LogP contribution in [0.2, 0.25) is 0 Å². The molecule has 1 aromatic carbocycles. The molecule has 174 valence electrons. The third-order valence-corrected chi connectivity index (χ3v) is 6.02. The highest BCUT2D eigenvalue weighted by atomic mass is 16.2. The van der Waals surface area contributed by atoms with Crippen LogP contribution in [-0.4, -0.2) is 31.3 Å². The number of carbonyl (C=O) groups is 2. The van der Waals surface area contributed by atoms with Gasteiger partial charge in [0.15, 0.2) is 0 Å². The van der Waals surface area contributed by atoms with E-state index in [1.807, 2.05) is 42.0 Å². The Morgan fingerprint density at radius 1 is 1.06 bits per heavy atom. The fourth-order valence-corrected chi connectivity index (χ4v) is 3.54. The molecular weight excluding hydrogens is 428 g/mol. The van der Waals surface area contributed by atoms with Crippen molar-refractivity contribution < 1.29 is 9.59 Å². The molecule has 0 radical (unpaired) electrons. The molecule has 2 amide bonds. The predicted molar refractivity (Wildman–Crippen MR) is 132 cm³/mol. The van der Waals surface area contributed by atoms with Gasteiger partial charge in [0.2, 0.25) is 5.95 Å². The molecule has 2 N–H and O–H groups in total. The van der Waals surface area contributed by atoms with Gasteiger partial charge in [0, 0.05) is 42.4 Å². The van der Waals surface area contributed by atoms with Crippen LogP contribution >= 0.6 is 0 Å². The Morgan fingerprint density at radius 3 is 2.50 bits per heavy atom. The van der Waals surface area contributed by atoms with Gasteiger partial charge in [-0.3, -0.25) is 19.9 Å². The van der Waals surface area contributed by atoms with Gasteiger partial charge in [0.25, 0.3) is 11.8 Å². The van der Waals surface area contributed by atoms with Crippen LogP contribution < -0.4 is 10.6 Å². The molecule has 3 aromatic heterocycles. The summed E-state index contributed by atoms with van der Waals surface area (Å²) in [6.45, 7) is 8.57. The van der Waals surface area contributed by atoms with Crippen molar-refractivity contribution in [2.24, 2.45) is 0 Å². The summed E-state index contributed by atoms with van der Waals surface area (Å²) in [6, 6.07) is 11.0.